The molecule has 0 saturated heterocycles. The van der Waals surface area contributed by atoms with Gasteiger partial charge in [-0.1, -0.05) is 48.7 Å². The lowest BCUT2D eigenvalue weighted by atomic mass is 10.1. The van der Waals surface area contributed by atoms with E-state index in [0.29, 0.717) is 12.5 Å². The highest BCUT2D eigenvalue weighted by atomic mass is 35.5. The molecule has 0 heterocycles. The van der Waals surface area contributed by atoms with Gasteiger partial charge in [-0.3, -0.25) is 9.59 Å². The van der Waals surface area contributed by atoms with Crippen LogP contribution in [0.1, 0.15) is 39.5 Å². The molecular weight excluding hydrogens is 363 g/mol. The van der Waals surface area contributed by atoms with Crippen molar-refractivity contribution in [3.05, 3.63) is 27.2 Å². The Morgan fingerprint density at radius 3 is 2.30 bits per heavy atom. The molecule has 0 aliphatic rings. The topological polar surface area (TPSA) is 52.6 Å². The van der Waals surface area contributed by atoms with Gasteiger partial charge in [0.25, 0.3) is 0 Å². The standard InChI is InChI=1S/C16H19Cl3O4/c1-10(2)4-3-9-22-13(20)7-8-14(21)23-16-12(18)6-5-11(17)15(16)19/h5-6,10H,3-4,7-9H2,1-2H3. The summed E-state index contributed by atoms with van der Waals surface area (Å²) in [5.41, 5.74) is 0. The summed E-state index contributed by atoms with van der Waals surface area (Å²) in [6, 6.07) is 2.97. The van der Waals surface area contributed by atoms with Crippen LogP contribution in [0.4, 0.5) is 0 Å². The van der Waals surface area contributed by atoms with Crippen LogP contribution in [0.2, 0.25) is 15.1 Å². The van der Waals surface area contributed by atoms with Crippen LogP contribution in [0.25, 0.3) is 0 Å². The zero-order valence-corrected chi connectivity index (χ0v) is 15.3. The summed E-state index contributed by atoms with van der Waals surface area (Å²) in [6.07, 6.45) is 1.61. The second-order valence-electron chi connectivity index (χ2n) is 5.40. The average molecular weight is 382 g/mol. The lowest BCUT2D eigenvalue weighted by molar-refractivity contribution is -0.147. The molecule has 0 amide bonds. The van der Waals surface area contributed by atoms with Gasteiger partial charge in [0.2, 0.25) is 0 Å². The third kappa shape index (κ3) is 7.42. The van der Waals surface area contributed by atoms with Gasteiger partial charge in [-0.15, -0.1) is 0 Å². The van der Waals surface area contributed by atoms with Gasteiger partial charge in [0, 0.05) is 0 Å². The Kier molecular flexibility index (Phi) is 8.74. The molecule has 0 radical (unpaired) electrons. The number of ether oxygens (including phenoxy) is 2. The lowest BCUT2D eigenvalue weighted by Gasteiger charge is -2.09. The number of esters is 2. The van der Waals surface area contributed by atoms with E-state index < -0.39 is 11.9 Å². The first-order valence-corrected chi connectivity index (χ1v) is 8.44. The van der Waals surface area contributed by atoms with E-state index in [0.717, 1.165) is 12.8 Å². The lowest BCUT2D eigenvalue weighted by Crippen LogP contribution is -2.13. The highest BCUT2D eigenvalue weighted by Gasteiger charge is 2.16. The minimum absolute atomic E-state index is 0.00358. The fraction of sp³-hybridized carbons (Fsp3) is 0.500. The Morgan fingerprint density at radius 1 is 1.04 bits per heavy atom. The normalized spacial score (nSPS) is 10.7. The molecule has 0 atom stereocenters. The molecule has 1 aromatic rings. The molecule has 23 heavy (non-hydrogen) atoms. The van der Waals surface area contributed by atoms with Crippen molar-refractivity contribution >= 4 is 46.7 Å². The number of hydrogen-bond donors (Lipinski definition) is 0. The van der Waals surface area contributed by atoms with Gasteiger partial charge in [-0.2, -0.15) is 0 Å². The smallest absolute Gasteiger partial charge is 0.311 e. The Morgan fingerprint density at radius 2 is 1.65 bits per heavy atom. The zero-order chi connectivity index (χ0) is 17.4. The number of halogens is 3. The van der Waals surface area contributed by atoms with E-state index in [1.54, 1.807) is 0 Å². The number of rotatable bonds is 8. The van der Waals surface area contributed by atoms with Gasteiger partial charge in [-0.05, 0) is 30.9 Å². The predicted molar refractivity (Wildman–Crippen MR) is 91.4 cm³/mol. The summed E-state index contributed by atoms with van der Waals surface area (Å²) in [5.74, 6) is -0.504. The highest BCUT2D eigenvalue weighted by Crippen LogP contribution is 2.38. The van der Waals surface area contributed by atoms with E-state index in [4.69, 9.17) is 44.3 Å². The van der Waals surface area contributed by atoms with E-state index in [1.165, 1.54) is 12.1 Å². The monoisotopic (exact) mass is 380 g/mol. The quantitative estimate of drug-likeness (QED) is 0.265. The maximum Gasteiger partial charge on any atom is 0.311 e. The number of carbonyl (C=O) groups is 2. The van der Waals surface area contributed by atoms with Crippen molar-refractivity contribution in [2.75, 3.05) is 6.61 Å². The molecule has 0 saturated carbocycles. The van der Waals surface area contributed by atoms with Gasteiger partial charge in [0.15, 0.2) is 5.75 Å². The third-order valence-corrected chi connectivity index (χ3v) is 4.02. The Balaban J connectivity index is 2.37. The summed E-state index contributed by atoms with van der Waals surface area (Å²) >= 11 is 17.7. The minimum atomic E-state index is -0.629. The molecule has 0 aliphatic heterocycles. The van der Waals surface area contributed by atoms with Crippen LogP contribution in [0, 0.1) is 5.92 Å². The van der Waals surface area contributed by atoms with Crippen molar-refractivity contribution in [1.82, 2.24) is 0 Å². The van der Waals surface area contributed by atoms with Crippen LogP contribution < -0.4 is 4.74 Å². The van der Waals surface area contributed by atoms with Crippen LogP contribution in [-0.4, -0.2) is 18.5 Å². The third-order valence-electron chi connectivity index (χ3n) is 2.94. The molecule has 0 aromatic heterocycles. The second-order valence-corrected chi connectivity index (χ2v) is 6.60. The number of hydrogen-bond acceptors (Lipinski definition) is 4. The van der Waals surface area contributed by atoms with E-state index in [2.05, 4.69) is 13.8 Å². The zero-order valence-electron chi connectivity index (χ0n) is 13.0. The molecule has 0 fully saturated rings. The number of carbonyl (C=O) groups excluding carboxylic acids is 2. The first-order chi connectivity index (χ1) is 10.8. The Hall–Kier alpha value is -0.970. The summed E-state index contributed by atoms with van der Waals surface area (Å²) < 4.78 is 10.1. The Labute approximate surface area is 151 Å². The van der Waals surface area contributed by atoms with Gasteiger partial charge in [0.1, 0.15) is 5.02 Å². The molecule has 0 unspecified atom stereocenters. The largest absolute Gasteiger partial charge is 0.466 e. The van der Waals surface area contributed by atoms with E-state index >= 15 is 0 Å². The molecule has 0 bridgehead atoms. The van der Waals surface area contributed by atoms with Crippen molar-refractivity contribution < 1.29 is 19.1 Å². The Bertz CT molecular complexity index is 559. The minimum Gasteiger partial charge on any atom is -0.466 e. The van der Waals surface area contributed by atoms with Crippen molar-refractivity contribution in [3.63, 3.8) is 0 Å². The molecule has 1 rings (SSSR count). The maximum absolute atomic E-state index is 11.8. The van der Waals surface area contributed by atoms with Gasteiger partial charge in [-0.25, -0.2) is 0 Å². The van der Waals surface area contributed by atoms with Gasteiger partial charge in [0.05, 0.1) is 29.5 Å². The fourth-order valence-corrected chi connectivity index (χ4v) is 2.32. The summed E-state index contributed by atoms with van der Waals surface area (Å²) in [7, 11) is 0. The summed E-state index contributed by atoms with van der Waals surface area (Å²) in [5, 5.41) is 0.455. The van der Waals surface area contributed by atoms with Crippen LogP contribution in [-0.2, 0) is 14.3 Å². The molecule has 7 heteroatoms. The molecule has 0 N–H and O–H groups in total. The summed E-state index contributed by atoms with van der Waals surface area (Å²) in [4.78, 5) is 23.3. The van der Waals surface area contributed by atoms with Crippen LogP contribution >= 0.6 is 34.8 Å². The summed E-state index contributed by atoms with van der Waals surface area (Å²) in [6.45, 7) is 4.56. The molecule has 0 spiro atoms. The molecule has 4 nitrogen and oxygen atoms in total. The molecular formula is C16H19Cl3O4. The van der Waals surface area contributed by atoms with Gasteiger partial charge < -0.3 is 9.47 Å². The van der Waals surface area contributed by atoms with Crippen molar-refractivity contribution in [2.24, 2.45) is 5.92 Å². The van der Waals surface area contributed by atoms with Crippen LogP contribution in [0.5, 0.6) is 5.75 Å². The molecule has 128 valence electrons. The first-order valence-electron chi connectivity index (χ1n) is 7.31. The van der Waals surface area contributed by atoms with E-state index in [-0.39, 0.29) is 33.7 Å². The first kappa shape index (κ1) is 20.1. The van der Waals surface area contributed by atoms with Crippen LogP contribution in [0.3, 0.4) is 0 Å². The highest BCUT2D eigenvalue weighted by molar-refractivity contribution is 6.44. The van der Waals surface area contributed by atoms with E-state index in [1.807, 2.05) is 0 Å². The molecule has 0 aliphatic carbocycles. The van der Waals surface area contributed by atoms with Crippen molar-refractivity contribution in [2.45, 2.75) is 39.5 Å². The fourth-order valence-electron chi connectivity index (χ4n) is 1.72. The van der Waals surface area contributed by atoms with Crippen molar-refractivity contribution in [3.8, 4) is 5.75 Å². The average Bonchev–Trinajstić information content (AvgIpc) is 2.49. The second kappa shape index (κ2) is 10.0. The SMILES string of the molecule is CC(C)CCCOC(=O)CCC(=O)Oc1c(Cl)ccc(Cl)c1Cl. The molecule has 1 aromatic carbocycles. The van der Waals surface area contributed by atoms with Crippen molar-refractivity contribution in [1.29, 1.82) is 0 Å². The predicted octanol–water partition coefficient (Wildman–Crippen LogP) is 5.31. The number of benzene rings is 1. The van der Waals surface area contributed by atoms with Gasteiger partial charge >= 0.3 is 11.9 Å². The van der Waals surface area contributed by atoms with Crippen LogP contribution in [0.15, 0.2) is 12.1 Å². The van der Waals surface area contributed by atoms with E-state index in [9.17, 15) is 9.59 Å². The maximum atomic E-state index is 11.8.